The van der Waals surface area contributed by atoms with E-state index in [2.05, 4.69) is 28.1 Å². The number of thiophene rings is 1. The maximum absolute atomic E-state index is 13.0. The lowest BCUT2D eigenvalue weighted by Gasteiger charge is -2.34. The third-order valence-electron chi connectivity index (χ3n) is 6.02. The summed E-state index contributed by atoms with van der Waals surface area (Å²) in [6.45, 7) is 2.72. The zero-order valence-corrected chi connectivity index (χ0v) is 17.2. The monoisotopic (exact) mass is 409 g/mol. The van der Waals surface area contributed by atoms with E-state index >= 15 is 0 Å². The van der Waals surface area contributed by atoms with E-state index in [0.717, 1.165) is 30.9 Å². The Morgan fingerprint density at radius 1 is 1.10 bits per heavy atom. The van der Waals surface area contributed by atoms with Crippen LogP contribution in [0, 0.1) is 5.82 Å². The number of pyridine rings is 1. The van der Waals surface area contributed by atoms with Gasteiger partial charge in [-0.3, -0.25) is 14.7 Å². The molecule has 0 atom stereocenters. The lowest BCUT2D eigenvalue weighted by atomic mass is 9.96. The molecule has 3 aromatic rings. The van der Waals surface area contributed by atoms with Crippen LogP contribution >= 0.6 is 11.3 Å². The van der Waals surface area contributed by atoms with Gasteiger partial charge in [-0.05, 0) is 60.9 Å². The van der Waals surface area contributed by atoms with Crippen LogP contribution in [0.15, 0.2) is 36.5 Å². The van der Waals surface area contributed by atoms with Crippen LogP contribution in [0.3, 0.4) is 0 Å². The smallest absolute Gasteiger partial charge is 0.241 e. The molecule has 0 saturated carbocycles. The van der Waals surface area contributed by atoms with Crippen molar-refractivity contribution in [1.82, 2.24) is 9.88 Å². The molecule has 1 aromatic carbocycles. The molecule has 2 aromatic heterocycles. The molecule has 1 aliphatic carbocycles. The zero-order chi connectivity index (χ0) is 19.8. The number of carbonyl (C=O) groups is 1. The molecule has 0 unspecified atom stereocenters. The van der Waals surface area contributed by atoms with Gasteiger partial charge in [0.25, 0.3) is 0 Å². The molecular weight excluding hydrogens is 385 g/mol. The minimum absolute atomic E-state index is 0.143. The van der Waals surface area contributed by atoms with Crippen LogP contribution in [-0.4, -0.2) is 42.0 Å². The molecule has 4 nitrogen and oxygen atoms in total. The summed E-state index contributed by atoms with van der Waals surface area (Å²) < 4.78 is 14.3. The minimum atomic E-state index is -0.318. The van der Waals surface area contributed by atoms with E-state index in [1.807, 2.05) is 16.2 Å². The molecule has 6 heteroatoms. The van der Waals surface area contributed by atoms with Crippen LogP contribution < -0.4 is 4.90 Å². The first-order valence-corrected chi connectivity index (χ1v) is 11.2. The molecular formula is C23H24FN3OS. The Labute approximate surface area is 174 Å². The first-order valence-electron chi connectivity index (χ1n) is 10.3. The van der Waals surface area contributed by atoms with E-state index in [1.165, 1.54) is 58.5 Å². The Hall–Kier alpha value is -2.31. The van der Waals surface area contributed by atoms with Crippen LogP contribution in [0.5, 0.6) is 0 Å². The maximum atomic E-state index is 13.0. The van der Waals surface area contributed by atoms with Crippen molar-refractivity contribution >= 4 is 33.0 Å². The zero-order valence-electron chi connectivity index (χ0n) is 16.4. The number of piperazine rings is 1. The van der Waals surface area contributed by atoms with Gasteiger partial charge in [-0.25, -0.2) is 4.39 Å². The second-order valence-corrected chi connectivity index (χ2v) is 9.07. The first kappa shape index (κ1) is 18.7. The average Bonchev–Trinajstić information content (AvgIpc) is 3.11. The molecule has 1 aliphatic heterocycles. The van der Waals surface area contributed by atoms with Gasteiger partial charge in [-0.1, -0.05) is 6.07 Å². The molecule has 0 N–H and O–H groups in total. The van der Waals surface area contributed by atoms with Crippen LogP contribution in [-0.2, 0) is 24.1 Å². The number of benzene rings is 1. The fraction of sp³-hybridized carbons (Fsp3) is 0.391. The van der Waals surface area contributed by atoms with Crippen LogP contribution in [0.4, 0.5) is 10.1 Å². The maximum Gasteiger partial charge on any atom is 0.241 e. The summed E-state index contributed by atoms with van der Waals surface area (Å²) >= 11 is 1.90. The molecule has 150 valence electrons. The molecule has 5 rings (SSSR count). The number of carbonyl (C=O) groups excluding carboxylic acids is 1. The van der Waals surface area contributed by atoms with Crippen molar-refractivity contribution in [2.24, 2.45) is 0 Å². The van der Waals surface area contributed by atoms with Crippen molar-refractivity contribution in [1.29, 1.82) is 0 Å². The summed E-state index contributed by atoms with van der Waals surface area (Å²) in [5.74, 6) is -0.176. The van der Waals surface area contributed by atoms with E-state index in [1.54, 1.807) is 6.07 Å². The largest absolute Gasteiger partial charge is 0.310 e. The van der Waals surface area contributed by atoms with Crippen molar-refractivity contribution in [3.8, 4) is 0 Å². The highest BCUT2D eigenvalue weighted by Crippen LogP contribution is 2.38. The second-order valence-electron chi connectivity index (χ2n) is 7.93. The third-order valence-corrected chi connectivity index (χ3v) is 7.28. The third kappa shape index (κ3) is 3.79. The summed E-state index contributed by atoms with van der Waals surface area (Å²) in [5.41, 5.74) is 3.41. The highest BCUT2D eigenvalue weighted by atomic mass is 32.1. The van der Waals surface area contributed by atoms with Gasteiger partial charge in [0.05, 0.1) is 12.7 Å². The first-order chi connectivity index (χ1) is 14.2. The second kappa shape index (κ2) is 7.84. The normalized spacial score (nSPS) is 17.7. The lowest BCUT2D eigenvalue weighted by Crippen LogP contribution is -2.50. The quantitative estimate of drug-likeness (QED) is 0.648. The Balaban J connectivity index is 1.26. The van der Waals surface area contributed by atoms with Gasteiger partial charge in [0.15, 0.2) is 0 Å². The topological polar surface area (TPSA) is 36.4 Å². The number of aromatic nitrogens is 1. The van der Waals surface area contributed by atoms with Gasteiger partial charge in [0.2, 0.25) is 5.91 Å². The molecule has 1 saturated heterocycles. The van der Waals surface area contributed by atoms with Gasteiger partial charge in [-0.2, -0.15) is 0 Å². The van der Waals surface area contributed by atoms with E-state index in [-0.39, 0.29) is 11.7 Å². The Kier molecular flexibility index (Phi) is 5.06. The van der Waals surface area contributed by atoms with Crippen LogP contribution in [0.2, 0.25) is 0 Å². The molecule has 0 spiro atoms. The molecule has 29 heavy (non-hydrogen) atoms. The molecule has 0 radical (unpaired) electrons. The summed E-state index contributed by atoms with van der Waals surface area (Å²) in [7, 11) is 0. The Morgan fingerprint density at radius 2 is 2.00 bits per heavy atom. The number of hydrogen-bond donors (Lipinski definition) is 0. The highest BCUT2D eigenvalue weighted by Gasteiger charge is 2.25. The summed E-state index contributed by atoms with van der Waals surface area (Å²) in [4.78, 5) is 22.5. The summed E-state index contributed by atoms with van der Waals surface area (Å²) in [6, 6.07) is 9.67. The van der Waals surface area contributed by atoms with Gasteiger partial charge < -0.3 is 4.90 Å². The predicted molar refractivity (Wildman–Crippen MR) is 115 cm³/mol. The number of hydrogen-bond acceptors (Lipinski definition) is 4. The standard InChI is InChI=1S/C23H24FN3OS/c24-16-5-6-17(25-14-16)9-10-26-11-12-27(23(28)15-26)18-7-8-20-19-3-1-2-4-21(19)29-22(20)13-18/h5-8,13-14H,1-4,9-12,15H2. The Bertz CT molecular complexity index is 1050. The number of nitrogens with zero attached hydrogens (tertiary/aromatic N) is 3. The van der Waals surface area contributed by atoms with E-state index < -0.39 is 0 Å². The van der Waals surface area contributed by atoms with Crippen LogP contribution in [0.25, 0.3) is 10.1 Å². The number of rotatable bonds is 4. The number of fused-ring (bicyclic) bond motifs is 3. The predicted octanol–water partition coefficient (Wildman–Crippen LogP) is 4.21. The molecule has 2 aliphatic rings. The number of anilines is 1. The minimum Gasteiger partial charge on any atom is -0.310 e. The summed E-state index contributed by atoms with van der Waals surface area (Å²) in [5, 5.41) is 1.38. The summed E-state index contributed by atoms with van der Waals surface area (Å²) in [6.07, 6.45) is 6.94. The number of amides is 1. The van der Waals surface area contributed by atoms with E-state index in [9.17, 15) is 9.18 Å². The molecule has 0 bridgehead atoms. The van der Waals surface area contributed by atoms with Crippen molar-refractivity contribution in [3.05, 3.63) is 58.5 Å². The average molecular weight is 410 g/mol. The fourth-order valence-corrected chi connectivity index (χ4v) is 5.76. The van der Waals surface area contributed by atoms with Crippen molar-refractivity contribution < 1.29 is 9.18 Å². The number of aryl methyl sites for hydroxylation is 2. The van der Waals surface area contributed by atoms with E-state index in [4.69, 9.17) is 0 Å². The lowest BCUT2D eigenvalue weighted by molar-refractivity contribution is -0.121. The van der Waals surface area contributed by atoms with Gasteiger partial charge in [0.1, 0.15) is 5.82 Å². The molecule has 1 fully saturated rings. The molecule has 3 heterocycles. The van der Waals surface area contributed by atoms with Crippen molar-refractivity contribution in [2.45, 2.75) is 32.1 Å². The number of halogens is 1. The molecule has 1 amide bonds. The van der Waals surface area contributed by atoms with Gasteiger partial charge in [-0.15, -0.1) is 11.3 Å². The van der Waals surface area contributed by atoms with Gasteiger partial charge >= 0.3 is 0 Å². The van der Waals surface area contributed by atoms with Crippen molar-refractivity contribution in [2.75, 3.05) is 31.1 Å². The van der Waals surface area contributed by atoms with Crippen LogP contribution in [0.1, 0.15) is 29.0 Å². The van der Waals surface area contributed by atoms with Gasteiger partial charge in [0, 0.05) is 47.0 Å². The fourth-order valence-electron chi connectivity index (χ4n) is 4.43. The Morgan fingerprint density at radius 3 is 2.83 bits per heavy atom. The SMILES string of the molecule is O=C1CN(CCc2ccc(F)cn2)CCN1c1ccc2c3c(sc2c1)CCCC3. The van der Waals surface area contributed by atoms with E-state index in [0.29, 0.717) is 13.1 Å². The van der Waals surface area contributed by atoms with Crippen molar-refractivity contribution in [3.63, 3.8) is 0 Å². The highest BCUT2D eigenvalue weighted by molar-refractivity contribution is 7.19.